The smallest absolute Gasteiger partial charge is 0.0313 e. The summed E-state index contributed by atoms with van der Waals surface area (Å²) in [5.41, 5.74) is 2.55. The maximum absolute atomic E-state index is 5.30. The quantitative estimate of drug-likeness (QED) is 0.748. The van der Waals surface area contributed by atoms with Gasteiger partial charge in [0.05, 0.1) is 0 Å². The molecule has 3 nitrogen and oxygen atoms in total. The lowest BCUT2D eigenvalue weighted by molar-refractivity contribution is 0.129. The van der Waals surface area contributed by atoms with Crippen LogP contribution in [0.25, 0.3) is 0 Å². The van der Waals surface area contributed by atoms with Crippen molar-refractivity contribution in [2.75, 3.05) is 32.7 Å². The topological polar surface area (TPSA) is 19.4 Å². The van der Waals surface area contributed by atoms with E-state index in [9.17, 15) is 0 Å². The van der Waals surface area contributed by atoms with Gasteiger partial charge in [-0.2, -0.15) is 0 Å². The van der Waals surface area contributed by atoms with Gasteiger partial charge in [-0.3, -0.25) is 14.8 Å². The number of piperazine rings is 1. The van der Waals surface area contributed by atoms with Crippen LogP contribution in [0.5, 0.6) is 0 Å². The second-order valence-corrected chi connectivity index (χ2v) is 4.94. The predicted molar refractivity (Wildman–Crippen MR) is 74.1 cm³/mol. The first-order chi connectivity index (χ1) is 8.78. The van der Waals surface area contributed by atoms with Crippen molar-refractivity contribution in [2.45, 2.75) is 19.9 Å². The molecule has 0 radical (unpaired) electrons. The first-order valence-electron chi connectivity index (χ1n) is 6.56. The van der Waals surface area contributed by atoms with Crippen LogP contribution < -0.4 is 0 Å². The van der Waals surface area contributed by atoms with Crippen molar-refractivity contribution in [3.63, 3.8) is 0 Å². The molecule has 0 aromatic carbocycles. The van der Waals surface area contributed by atoms with E-state index in [0.29, 0.717) is 0 Å². The second-order valence-electron chi connectivity index (χ2n) is 4.94. The van der Waals surface area contributed by atoms with E-state index in [1.807, 2.05) is 12.4 Å². The maximum atomic E-state index is 5.30. The summed E-state index contributed by atoms with van der Waals surface area (Å²) >= 11 is 0. The minimum absolute atomic E-state index is 0.863. The molecule has 1 aliphatic heterocycles. The monoisotopic (exact) mass is 243 g/mol. The number of hydrogen-bond donors (Lipinski definition) is 0. The summed E-state index contributed by atoms with van der Waals surface area (Å²) in [5, 5.41) is 0. The molecule has 1 saturated heterocycles. The summed E-state index contributed by atoms with van der Waals surface area (Å²) < 4.78 is 0. The third kappa shape index (κ3) is 3.83. The molecule has 1 aliphatic rings. The van der Waals surface area contributed by atoms with Crippen LogP contribution in [0.15, 0.2) is 18.5 Å². The highest BCUT2D eigenvalue weighted by Crippen LogP contribution is 2.09. The van der Waals surface area contributed by atoms with E-state index in [-0.39, 0.29) is 0 Å². The number of hydrogen-bond acceptors (Lipinski definition) is 3. The van der Waals surface area contributed by atoms with Crippen LogP contribution in [-0.4, -0.2) is 47.5 Å². The molecule has 0 spiro atoms. The van der Waals surface area contributed by atoms with Crippen molar-refractivity contribution in [1.29, 1.82) is 0 Å². The minimum atomic E-state index is 0.863. The molecule has 0 unspecified atom stereocenters. The molecule has 1 aromatic heterocycles. The number of terminal acetylenes is 1. The van der Waals surface area contributed by atoms with E-state index in [1.54, 1.807) is 0 Å². The van der Waals surface area contributed by atoms with Gasteiger partial charge in [0.1, 0.15) is 0 Å². The van der Waals surface area contributed by atoms with Gasteiger partial charge in [-0.05, 0) is 18.1 Å². The van der Waals surface area contributed by atoms with Crippen molar-refractivity contribution in [3.05, 3.63) is 29.6 Å². The van der Waals surface area contributed by atoms with E-state index in [0.717, 1.165) is 45.7 Å². The van der Waals surface area contributed by atoms with Crippen molar-refractivity contribution in [3.8, 4) is 12.3 Å². The zero-order chi connectivity index (χ0) is 12.8. The van der Waals surface area contributed by atoms with E-state index in [2.05, 4.69) is 33.7 Å². The summed E-state index contributed by atoms with van der Waals surface area (Å²) in [6.45, 7) is 8.64. The van der Waals surface area contributed by atoms with Crippen molar-refractivity contribution >= 4 is 0 Å². The largest absolute Gasteiger partial charge is 0.300 e. The molecule has 0 atom stereocenters. The number of aryl methyl sites for hydroxylation is 1. The van der Waals surface area contributed by atoms with Crippen molar-refractivity contribution in [2.24, 2.45) is 0 Å². The zero-order valence-corrected chi connectivity index (χ0v) is 11.1. The van der Waals surface area contributed by atoms with Crippen LogP contribution in [-0.2, 0) is 6.54 Å². The van der Waals surface area contributed by atoms with Crippen LogP contribution in [0.3, 0.4) is 0 Å². The molecule has 1 aromatic rings. The fourth-order valence-electron chi connectivity index (χ4n) is 2.36. The molecule has 0 bridgehead atoms. The van der Waals surface area contributed by atoms with E-state index in [1.165, 1.54) is 11.1 Å². The lowest BCUT2D eigenvalue weighted by atomic mass is 10.2. The molecule has 0 aliphatic carbocycles. The normalized spacial score (nSPS) is 17.6. The minimum Gasteiger partial charge on any atom is -0.300 e. The van der Waals surface area contributed by atoms with E-state index in [4.69, 9.17) is 6.42 Å². The Labute approximate surface area is 110 Å². The number of rotatable bonds is 4. The zero-order valence-electron chi connectivity index (χ0n) is 11.1. The summed E-state index contributed by atoms with van der Waals surface area (Å²) in [6, 6.07) is 2.22. The Kier molecular flexibility index (Phi) is 4.74. The average Bonchev–Trinajstić information content (AvgIpc) is 2.38. The average molecular weight is 243 g/mol. The molecular weight excluding hydrogens is 222 g/mol. The molecule has 0 saturated carbocycles. The van der Waals surface area contributed by atoms with Gasteiger partial charge in [-0.15, -0.1) is 12.3 Å². The van der Waals surface area contributed by atoms with Crippen LogP contribution >= 0.6 is 0 Å². The Morgan fingerprint density at radius 1 is 1.22 bits per heavy atom. The summed E-state index contributed by atoms with van der Waals surface area (Å²) in [6.07, 6.45) is 10.0. The Balaban J connectivity index is 1.78. The molecule has 96 valence electrons. The Morgan fingerprint density at radius 2 is 1.94 bits per heavy atom. The number of pyridine rings is 1. The molecule has 3 heteroatoms. The van der Waals surface area contributed by atoms with Crippen molar-refractivity contribution < 1.29 is 0 Å². The Morgan fingerprint density at radius 3 is 2.61 bits per heavy atom. The van der Waals surface area contributed by atoms with Gasteiger partial charge in [0.15, 0.2) is 0 Å². The van der Waals surface area contributed by atoms with Crippen LogP contribution in [0.1, 0.15) is 17.5 Å². The predicted octanol–water partition coefficient (Wildman–Crippen LogP) is 1.53. The molecule has 1 fully saturated rings. The SMILES string of the molecule is C#CCCN1CCN(Cc2cncc(C)c2)CC1. The fourth-order valence-corrected chi connectivity index (χ4v) is 2.36. The third-order valence-corrected chi connectivity index (χ3v) is 3.38. The van der Waals surface area contributed by atoms with E-state index < -0.39 is 0 Å². The van der Waals surface area contributed by atoms with Gasteiger partial charge in [0.2, 0.25) is 0 Å². The highest BCUT2D eigenvalue weighted by atomic mass is 15.3. The van der Waals surface area contributed by atoms with E-state index >= 15 is 0 Å². The number of nitrogens with zero attached hydrogens (tertiary/aromatic N) is 3. The molecule has 18 heavy (non-hydrogen) atoms. The summed E-state index contributed by atoms with van der Waals surface area (Å²) in [4.78, 5) is 9.18. The Hall–Kier alpha value is -1.37. The fraction of sp³-hybridized carbons (Fsp3) is 0.533. The highest BCUT2D eigenvalue weighted by Gasteiger charge is 2.16. The van der Waals surface area contributed by atoms with Gasteiger partial charge in [0.25, 0.3) is 0 Å². The highest BCUT2D eigenvalue weighted by molar-refractivity contribution is 5.16. The van der Waals surface area contributed by atoms with Crippen molar-refractivity contribution in [1.82, 2.24) is 14.8 Å². The third-order valence-electron chi connectivity index (χ3n) is 3.38. The Bertz CT molecular complexity index is 414. The van der Waals surface area contributed by atoms with Crippen LogP contribution in [0.4, 0.5) is 0 Å². The van der Waals surface area contributed by atoms with Gasteiger partial charge in [-0.25, -0.2) is 0 Å². The van der Waals surface area contributed by atoms with Crippen LogP contribution in [0.2, 0.25) is 0 Å². The molecule has 0 amide bonds. The van der Waals surface area contributed by atoms with Gasteiger partial charge in [0, 0.05) is 58.1 Å². The molecule has 2 heterocycles. The standard InChI is InChI=1S/C15H21N3/c1-3-4-5-17-6-8-18(9-7-17)13-15-10-14(2)11-16-12-15/h1,10-12H,4-9,13H2,2H3. The lowest BCUT2D eigenvalue weighted by Gasteiger charge is -2.34. The first kappa shape index (κ1) is 13.1. The maximum Gasteiger partial charge on any atom is 0.0313 e. The lowest BCUT2D eigenvalue weighted by Crippen LogP contribution is -2.46. The molecule has 2 rings (SSSR count). The first-order valence-corrected chi connectivity index (χ1v) is 6.56. The molecule has 0 N–H and O–H groups in total. The number of aromatic nitrogens is 1. The second kappa shape index (κ2) is 6.53. The summed E-state index contributed by atoms with van der Waals surface area (Å²) in [5.74, 6) is 2.71. The molecular formula is C15H21N3. The van der Waals surface area contributed by atoms with Gasteiger partial charge < -0.3 is 0 Å². The summed E-state index contributed by atoms with van der Waals surface area (Å²) in [7, 11) is 0. The van der Waals surface area contributed by atoms with Gasteiger partial charge >= 0.3 is 0 Å². The van der Waals surface area contributed by atoms with Crippen LogP contribution in [0, 0.1) is 19.3 Å². The van der Waals surface area contributed by atoms with Gasteiger partial charge in [-0.1, -0.05) is 6.07 Å².